The Hall–Kier alpha value is -2.91. The summed E-state index contributed by atoms with van der Waals surface area (Å²) in [5.41, 5.74) is 7.79. The average molecular weight is 435 g/mol. The van der Waals surface area contributed by atoms with Gasteiger partial charge in [-0.15, -0.1) is 5.10 Å². The first kappa shape index (κ1) is 19.8. The van der Waals surface area contributed by atoms with Crippen molar-refractivity contribution in [2.45, 2.75) is 44.7 Å². The second-order valence-corrected chi connectivity index (χ2v) is 9.03. The number of piperazine rings is 1. The van der Waals surface area contributed by atoms with E-state index < -0.39 is 0 Å². The standard InChI is InChI=1S/C23H30N8O/c24-23-26-21-18(22-25-20(27-31(22)23)19-7-4-16-32-19)8-9-30(21)15-12-28-10-13-29(14-11-28)17-5-2-1-3-6-17/h4,7-9,16-17H,1-3,5-6,10-15H2,(H2,24,26). The van der Waals surface area contributed by atoms with Crippen LogP contribution in [-0.4, -0.2) is 72.7 Å². The number of fused-ring (bicyclic) bond motifs is 3. The minimum atomic E-state index is 0.332. The van der Waals surface area contributed by atoms with Crippen LogP contribution >= 0.6 is 0 Å². The van der Waals surface area contributed by atoms with E-state index in [2.05, 4.69) is 41.7 Å². The van der Waals surface area contributed by atoms with E-state index in [1.54, 1.807) is 10.8 Å². The molecule has 32 heavy (non-hydrogen) atoms. The third kappa shape index (κ3) is 3.55. The fraction of sp³-hybridized carbons (Fsp3) is 0.522. The van der Waals surface area contributed by atoms with Crippen LogP contribution in [0.4, 0.5) is 5.95 Å². The van der Waals surface area contributed by atoms with Crippen LogP contribution in [0, 0.1) is 0 Å². The largest absolute Gasteiger partial charge is 0.461 e. The van der Waals surface area contributed by atoms with Gasteiger partial charge in [-0.2, -0.15) is 9.50 Å². The highest BCUT2D eigenvalue weighted by Crippen LogP contribution is 2.25. The highest BCUT2D eigenvalue weighted by Gasteiger charge is 2.25. The zero-order chi connectivity index (χ0) is 21.5. The van der Waals surface area contributed by atoms with Crippen molar-refractivity contribution in [1.29, 1.82) is 0 Å². The summed E-state index contributed by atoms with van der Waals surface area (Å²) < 4.78 is 9.22. The second-order valence-electron chi connectivity index (χ2n) is 9.03. The Morgan fingerprint density at radius 2 is 1.81 bits per heavy atom. The fourth-order valence-electron chi connectivity index (χ4n) is 5.30. The molecule has 1 aliphatic carbocycles. The van der Waals surface area contributed by atoms with Gasteiger partial charge in [0.05, 0.1) is 11.6 Å². The molecule has 0 unspecified atom stereocenters. The van der Waals surface area contributed by atoms with Crippen molar-refractivity contribution in [2.75, 3.05) is 38.5 Å². The van der Waals surface area contributed by atoms with Gasteiger partial charge in [-0.25, -0.2) is 4.98 Å². The zero-order valence-corrected chi connectivity index (χ0v) is 18.4. The summed E-state index contributed by atoms with van der Waals surface area (Å²) in [6.45, 7) is 6.57. The number of nitrogens with two attached hydrogens (primary N) is 1. The molecule has 0 spiro atoms. The van der Waals surface area contributed by atoms with Crippen LogP contribution in [0.3, 0.4) is 0 Å². The van der Waals surface area contributed by atoms with E-state index in [0.717, 1.165) is 43.3 Å². The van der Waals surface area contributed by atoms with Crippen LogP contribution < -0.4 is 5.73 Å². The number of nitrogen functional groups attached to an aromatic ring is 1. The lowest BCUT2D eigenvalue weighted by molar-refractivity contribution is 0.0775. The predicted octanol–water partition coefficient (Wildman–Crippen LogP) is 2.87. The quantitative estimate of drug-likeness (QED) is 0.516. The van der Waals surface area contributed by atoms with Gasteiger partial charge < -0.3 is 14.7 Å². The van der Waals surface area contributed by atoms with E-state index in [-0.39, 0.29) is 0 Å². The molecular formula is C23H30N8O. The summed E-state index contributed by atoms with van der Waals surface area (Å²) in [7, 11) is 0. The van der Waals surface area contributed by atoms with Gasteiger partial charge >= 0.3 is 0 Å². The van der Waals surface area contributed by atoms with Gasteiger partial charge in [-0.1, -0.05) is 19.3 Å². The maximum absolute atomic E-state index is 6.23. The summed E-state index contributed by atoms with van der Waals surface area (Å²) in [5.74, 6) is 1.46. The first-order chi connectivity index (χ1) is 15.8. The highest BCUT2D eigenvalue weighted by molar-refractivity contribution is 5.91. The number of hydrogen-bond donors (Lipinski definition) is 1. The summed E-state index contributed by atoms with van der Waals surface area (Å²) in [6, 6.07) is 6.54. The first-order valence-electron chi connectivity index (χ1n) is 11.8. The van der Waals surface area contributed by atoms with Crippen molar-refractivity contribution in [3.05, 3.63) is 30.7 Å². The van der Waals surface area contributed by atoms with Crippen LogP contribution in [0.25, 0.3) is 28.3 Å². The van der Waals surface area contributed by atoms with E-state index in [1.807, 2.05) is 12.1 Å². The lowest BCUT2D eigenvalue weighted by Gasteiger charge is -2.40. The van der Waals surface area contributed by atoms with E-state index in [9.17, 15) is 0 Å². The molecule has 9 heteroatoms. The normalized spacial score (nSPS) is 19.4. The van der Waals surface area contributed by atoms with Crippen molar-refractivity contribution in [3.8, 4) is 11.6 Å². The monoisotopic (exact) mass is 434 g/mol. The average Bonchev–Trinajstić information content (AvgIpc) is 3.58. The SMILES string of the molecule is Nc1nc2c(ccn2CCN2CCN(C3CCCCC3)CC2)c2nc(-c3ccco3)nn12. The molecule has 5 heterocycles. The Morgan fingerprint density at radius 3 is 2.59 bits per heavy atom. The van der Waals surface area contributed by atoms with E-state index in [4.69, 9.17) is 10.2 Å². The Kier molecular flexibility index (Phi) is 5.07. The van der Waals surface area contributed by atoms with Crippen LogP contribution in [-0.2, 0) is 6.54 Å². The van der Waals surface area contributed by atoms with Crippen LogP contribution in [0.15, 0.2) is 35.1 Å². The Morgan fingerprint density at radius 1 is 0.969 bits per heavy atom. The number of furan rings is 1. The summed E-state index contributed by atoms with van der Waals surface area (Å²) in [5, 5.41) is 5.43. The van der Waals surface area contributed by atoms with Gasteiger partial charge in [0.25, 0.3) is 0 Å². The van der Waals surface area contributed by atoms with Crippen molar-refractivity contribution in [3.63, 3.8) is 0 Å². The van der Waals surface area contributed by atoms with Gasteiger partial charge in [0.15, 0.2) is 11.4 Å². The molecular weight excluding hydrogens is 404 g/mol. The molecule has 2 fully saturated rings. The zero-order valence-electron chi connectivity index (χ0n) is 18.4. The number of nitrogens with zero attached hydrogens (tertiary/aromatic N) is 7. The lowest BCUT2D eigenvalue weighted by Crippen LogP contribution is -2.51. The smallest absolute Gasteiger partial charge is 0.225 e. The summed E-state index contributed by atoms with van der Waals surface area (Å²) in [4.78, 5) is 14.6. The lowest BCUT2D eigenvalue weighted by atomic mass is 9.94. The molecule has 2 N–H and O–H groups in total. The van der Waals surface area contributed by atoms with Crippen LogP contribution in [0.1, 0.15) is 32.1 Å². The number of aromatic nitrogens is 5. The topological polar surface area (TPSA) is 93.6 Å². The molecule has 4 aromatic heterocycles. The van der Waals surface area contributed by atoms with E-state index in [1.165, 1.54) is 45.2 Å². The Labute approximate surface area is 186 Å². The molecule has 1 aliphatic heterocycles. The van der Waals surface area contributed by atoms with Crippen molar-refractivity contribution >= 4 is 22.6 Å². The van der Waals surface area contributed by atoms with Gasteiger partial charge in [-0.3, -0.25) is 9.80 Å². The molecule has 0 aromatic carbocycles. The van der Waals surface area contributed by atoms with Crippen molar-refractivity contribution in [2.24, 2.45) is 0 Å². The van der Waals surface area contributed by atoms with Crippen LogP contribution in [0.2, 0.25) is 0 Å². The van der Waals surface area contributed by atoms with Crippen molar-refractivity contribution in [1.82, 2.24) is 33.9 Å². The molecule has 4 aromatic rings. The maximum Gasteiger partial charge on any atom is 0.225 e. The third-order valence-corrected chi connectivity index (χ3v) is 7.12. The molecule has 0 amide bonds. The van der Waals surface area contributed by atoms with Gasteiger partial charge in [0, 0.05) is 51.5 Å². The summed E-state index contributed by atoms with van der Waals surface area (Å²) in [6.07, 6.45) is 10.7. The molecule has 6 rings (SSSR count). The van der Waals surface area contributed by atoms with Gasteiger partial charge in [0.1, 0.15) is 5.65 Å². The minimum Gasteiger partial charge on any atom is -0.461 e. The molecule has 0 radical (unpaired) electrons. The second kappa shape index (κ2) is 8.22. The molecule has 0 bridgehead atoms. The summed E-state index contributed by atoms with van der Waals surface area (Å²) >= 11 is 0. The van der Waals surface area contributed by atoms with Crippen LogP contribution in [0.5, 0.6) is 0 Å². The molecule has 1 saturated carbocycles. The Bertz CT molecular complexity index is 1200. The van der Waals surface area contributed by atoms with Gasteiger partial charge in [-0.05, 0) is 31.0 Å². The van der Waals surface area contributed by atoms with Crippen molar-refractivity contribution < 1.29 is 4.42 Å². The number of anilines is 1. The molecule has 1 saturated heterocycles. The van der Waals surface area contributed by atoms with Gasteiger partial charge in [0.2, 0.25) is 11.8 Å². The molecule has 2 aliphatic rings. The fourth-order valence-corrected chi connectivity index (χ4v) is 5.30. The highest BCUT2D eigenvalue weighted by atomic mass is 16.3. The van der Waals surface area contributed by atoms with E-state index in [0.29, 0.717) is 23.2 Å². The molecule has 9 nitrogen and oxygen atoms in total. The Balaban J connectivity index is 1.16. The van der Waals surface area contributed by atoms with E-state index >= 15 is 0 Å². The number of rotatable bonds is 5. The minimum absolute atomic E-state index is 0.332. The first-order valence-corrected chi connectivity index (χ1v) is 11.8. The predicted molar refractivity (Wildman–Crippen MR) is 123 cm³/mol. The molecule has 0 atom stereocenters. The molecule has 168 valence electrons. The third-order valence-electron chi connectivity index (χ3n) is 7.12. The number of hydrogen-bond acceptors (Lipinski definition) is 7. The maximum atomic E-state index is 6.23.